The van der Waals surface area contributed by atoms with Crippen molar-refractivity contribution in [3.8, 4) is 5.75 Å². The van der Waals surface area contributed by atoms with Gasteiger partial charge in [-0.05, 0) is 67.6 Å². The number of carbonyl (C=O) groups is 1. The summed E-state index contributed by atoms with van der Waals surface area (Å²) < 4.78 is 5.65. The highest BCUT2D eigenvalue weighted by molar-refractivity contribution is 6.30. The largest absolute Gasteiger partial charge is 0.483 e. The Kier molecular flexibility index (Phi) is 6.05. The summed E-state index contributed by atoms with van der Waals surface area (Å²) in [6, 6.07) is 11.7. The van der Waals surface area contributed by atoms with Gasteiger partial charge in [0.25, 0.3) is 5.91 Å². The molecular weight excluding hydrogens is 310 g/mol. The van der Waals surface area contributed by atoms with Crippen molar-refractivity contribution >= 4 is 17.5 Å². The van der Waals surface area contributed by atoms with Crippen LogP contribution in [0.5, 0.6) is 5.75 Å². The quantitative estimate of drug-likeness (QED) is 0.868. The topological polar surface area (TPSA) is 38.3 Å². The number of carbonyl (C=O) groups excluding carboxylic acids is 1. The summed E-state index contributed by atoms with van der Waals surface area (Å²) in [5.74, 6) is 0.660. The van der Waals surface area contributed by atoms with E-state index in [1.54, 1.807) is 0 Å². The zero-order valence-electron chi connectivity index (χ0n) is 13.8. The Morgan fingerprint density at radius 2 is 1.83 bits per heavy atom. The minimum atomic E-state index is -0.113. The van der Waals surface area contributed by atoms with Crippen molar-refractivity contribution < 1.29 is 9.53 Å². The lowest BCUT2D eigenvalue weighted by molar-refractivity contribution is -0.123. The van der Waals surface area contributed by atoms with Gasteiger partial charge in [0.1, 0.15) is 5.75 Å². The minimum Gasteiger partial charge on any atom is -0.483 e. The predicted molar refractivity (Wildman–Crippen MR) is 94.3 cm³/mol. The Morgan fingerprint density at radius 3 is 2.52 bits per heavy atom. The van der Waals surface area contributed by atoms with E-state index in [0.717, 1.165) is 33.9 Å². The molecule has 0 unspecified atom stereocenters. The van der Waals surface area contributed by atoms with Crippen molar-refractivity contribution in [2.75, 3.05) is 13.2 Å². The summed E-state index contributed by atoms with van der Waals surface area (Å²) in [7, 11) is 0. The van der Waals surface area contributed by atoms with E-state index in [4.69, 9.17) is 16.3 Å². The van der Waals surface area contributed by atoms with Gasteiger partial charge in [-0.15, -0.1) is 0 Å². The summed E-state index contributed by atoms with van der Waals surface area (Å²) in [6.07, 6.45) is 0.769. The number of amides is 1. The number of rotatable bonds is 6. The highest BCUT2D eigenvalue weighted by atomic mass is 35.5. The van der Waals surface area contributed by atoms with Gasteiger partial charge in [-0.25, -0.2) is 0 Å². The molecular formula is C19H22ClNO2. The van der Waals surface area contributed by atoms with Crippen LogP contribution in [0.1, 0.15) is 22.3 Å². The van der Waals surface area contributed by atoms with Crippen molar-refractivity contribution in [2.24, 2.45) is 0 Å². The zero-order valence-corrected chi connectivity index (χ0v) is 14.5. The van der Waals surface area contributed by atoms with E-state index >= 15 is 0 Å². The molecule has 3 nitrogen and oxygen atoms in total. The third-order valence-electron chi connectivity index (χ3n) is 3.77. The second-order valence-corrected chi connectivity index (χ2v) is 6.16. The summed E-state index contributed by atoms with van der Waals surface area (Å²) in [5.41, 5.74) is 4.51. The fraction of sp³-hybridized carbons (Fsp3) is 0.316. The smallest absolute Gasteiger partial charge is 0.257 e. The number of ether oxygens (including phenoxy) is 1. The van der Waals surface area contributed by atoms with Gasteiger partial charge in [-0.2, -0.15) is 0 Å². The molecule has 0 radical (unpaired) electrons. The van der Waals surface area contributed by atoms with Crippen molar-refractivity contribution in [3.05, 3.63) is 63.7 Å². The molecule has 0 heterocycles. The van der Waals surface area contributed by atoms with Crippen LogP contribution in [0.4, 0.5) is 0 Å². The number of halogens is 1. The SMILES string of the molecule is Cc1cc(C)c(C)c(OCC(=O)NCCc2ccc(Cl)cc2)c1. The van der Waals surface area contributed by atoms with Gasteiger partial charge in [0, 0.05) is 11.6 Å². The number of aryl methyl sites for hydroxylation is 2. The molecule has 23 heavy (non-hydrogen) atoms. The molecule has 2 aromatic rings. The summed E-state index contributed by atoms with van der Waals surface area (Å²) in [4.78, 5) is 11.9. The van der Waals surface area contributed by atoms with E-state index in [0.29, 0.717) is 6.54 Å². The van der Waals surface area contributed by atoms with Crippen LogP contribution >= 0.6 is 11.6 Å². The molecule has 0 aromatic heterocycles. The summed E-state index contributed by atoms with van der Waals surface area (Å²) in [5, 5.41) is 3.59. The van der Waals surface area contributed by atoms with Gasteiger partial charge < -0.3 is 10.1 Å². The molecule has 0 fully saturated rings. The Balaban J connectivity index is 1.78. The third-order valence-corrected chi connectivity index (χ3v) is 4.02. The van der Waals surface area contributed by atoms with Crippen LogP contribution in [0.25, 0.3) is 0 Å². The monoisotopic (exact) mass is 331 g/mol. The molecule has 4 heteroatoms. The molecule has 0 aliphatic heterocycles. The normalized spacial score (nSPS) is 10.4. The first-order valence-electron chi connectivity index (χ1n) is 7.67. The van der Waals surface area contributed by atoms with E-state index in [1.165, 1.54) is 5.56 Å². The fourth-order valence-corrected chi connectivity index (χ4v) is 2.47. The average molecular weight is 332 g/mol. The van der Waals surface area contributed by atoms with Gasteiger partial charge in [0.15, 0.2) is 6.61 Å². The van der Waals surface area contributed by atoms with Gasteiger partial charge in [0.2, 0.25) is 0 Å². The van der Waals surface area contributed by atoms with Crippen LogP contribution in [0.3, 0.4) is 0 Å². The van der Waals surface area contributed by atoms with Crippen LogP contribution in [0.15, 0.2) is 36.4 Å². The van der Waals surface area contributed by atoms with E-state index in [2.05, 4.69) is 11.4 Å². The maximum Gasteiger partial charge on any atom is 0.257 e. The van der Waals surface area contributed by atoms with E-state index < -0.39 is 0 Å². The molecule has 0 saturated heterocycles. The zero-order chi connectivity index (χ0) is 16.8. The Labute approximate surface area is 142 Å². The number of hydrogen-bond acceptors (Lipinski definition) is 2. The number of hydrogen-bond donors (Lipinski definition) is 1. The van der Waals surface area contributed by atoms with Gasteiger partial charge in [-0.1, -0.05) is 29.8 Å². The predicted octanol–water partition coefficient (Wildman–Crippen LogP) is 4.00. The standard InChI is InChI=1S/C19H22ClNO2/c1-13-10-14(2)15(3)18(11-13)23-12-19(22)21-9-8-16-4-6-17(20)7-5-16/h4-7,10-11H,8-9,12H2,1-3H3,(H,21,22). The number of benzene rings is 2. The Bertz CT molecular complexity index is 681. The first-order valence-corrected chi connectivity index (χ1v) is 8.05. The van der Waals surface area contributed by atoms with Gasteiger partial charge >= 0.3 is 0 Å². The maximum absolute atomic E-state index is 11.9. The third kappa shape index (κ3) is 5.29. The molecule has 1 amide bonds. The Hall–Kier alpha value is -2.00. The van der Waals surface area contributed by atoms with Crippen molar-refractivity contribution in [1.82, 2.24) is 5.32 Å². The maximum atomic E-state index is 11.9. The first kappa shape index (κ1) is 17.4. The van der Waals surface area contributed by atoms with E-state index in [1.807, 2.05) is 51.1 Å². The fourth-order valence-electron chi connectivity index (χ4n) is 2.34. The second-order valence-electron chi connectivity index (χ2n) is 5.72. The first-order chi connectivity index (χ1) is 11.0. The highest BCUT2D eigenvalue weighted by Gasteiger charge is 2.07. The van der Waals surface area contributed by atoms with Crippen molar-refractivity contribution in [3.63, 3.8) is 0 Å². The molecule has 1 N–H and O–H groups in total. The van der Waals surface area contributed by atoms with Crippen LogP contribution in [-0.2, 0) is 11.2 Å². The second kappa shape index (κ2) is 8.02. The van der Waals surface area contributed by atoms with Crippen LogP contribution in [0, 0.1) is 20.8 Å². The van der Waals surface area contributed by atoms with E-state index in [-0.39, 0.29) is 12.5 Å². The highest BCUT2D eigenvalue weighted by Crippen LogP contribution is 2.23. The molecule has 2 aromatic carbocycles. The summed E-state index contributed by atoms with van der Waals surface area (Å²) in [6.45, 7) is 6.68. The molecule has 0 saturated carbocycles. The van der Waals surface area contributed by atoms with Crippen LogP contribution in [-0.4, -0.2) is 19.1 Å². The summed E-state index contributed by atoms with van der Waals surface area (Å²) >= 11 is 5.84. The molecule has 0 aliphatic rings. The molecule has 122 valence electrons. The molecule has 0 spiro atoms. The van der Waals surface area contributed by atoms with Gasteiger partial charge in [-0.3, -0.25) is 4.79 Å². The van der Waals surface area contributed by atoms with Crippen molar-refractivity contribution in [1.29, 1.82) is 0 Å². The van der Waals surface area contributed by atoms with Crippen LogP contribution in [0.2, 0.25) is 5.02 Å². The molecule has 2 rings (SSSR count). The van der Waals surface area contributed by atoms with E-state index in [9.17, 15) is 4.79 Å². The lowest BCUT2D eigenvalue weighted by Crippen LogP contribution is -2.30. The lowest BCUT2D eigenvalue weighted by Gasteiger charge is -2.12. The molecule has 0 bridgehead atoms. The average Bonchev–Trinajstić information content (AvgIpc) is 2.51. The lowest BCUT2D eigenvalue weighted by atomic mass is 10.1. The Morgan fingerprint density at radius 1 is 1.13 bits per heavy atom. The minimum absolute atomic E-state index is 0.0321. The van der Waals surface area contributed by atoms with Gasteiger partial charge in [0.05, 0.1) is 0 Å². The number of nitrogens with one attached hydrogen (secondary N) is 1. The molecule has 0 atom stereocenters. The van der Waals surface area contributed by atoms with Crippen LogP contribution < -0.4 is 10.1 Å². The van der Waals surface area contributed by atoms with Crippen molar-refractivity contribution in [2.45, 2.75) is 27.2 Å². The molecule has 0 aliphatic carbocycles.